The van der Waals surface area contributed by atoms with Crippen LogP contribution in [0.15, 0.2) is 47.4 Å². The van der Waals surface area contributed by atoms with Crippen LogP contribution in [-0.4, -0.2) is 49.7 Å². The molecule has 1 fully saturated rings. The van der Waals surface area contributed by atoms with Gasteiger partial charge in [-0.3, -0.25) is 4.79 Å². The summed E-state index contributed by atoms with van der Waals surface area (Å²) in [6, 6.07) is 9.40. The number of halogens is 2. The monoisotopic (exact) mass is 394 g/mol. The van der Waals surface area contributed by atoms with Gasteiger partial charge < -0.3 is 4.90 Å². The quantitative estimate of drug-likeness (QED) is 0.804. The average Bonchev–Trinajstić information content (AvgIpc) is 2.88. The molecule has 5 nitrogen and oxygen atoms in total. The predicted molar refractivity (Wildman–Crippen MR) is 96.8 cm³/mol. The lowest BCUT2D eigenvalue weighted by Gasteiger charge is -2.22. The van der Waals surface area contributed by atoms with Crippen molar-refractivity contribution in [2.45, 2.75) is 18.2 Å². The van der Waals surface area contributed by atoms with Gasteiger partial charge in [-0.2, -0.15) is 4.31 Å². The molecule has 1 heterocycles. The molecular weight excluding hydrogens is 374 g/mol. The van der Waals surface area contributed by atoms with E-state index in [1.54, 1.807) is 24.3 Å². The van der Waals surface area contributed by atoms with Crippen molar-refractivity contribution in [3.63, 3.8) is 0 Å². The Hall–Kier alpha value is -2.32. The SMILES string of the molecule is Cc1ccc(S(=O)(=O)N2CCCN(C(=O)c3ccc(F)cc3F)CC2)cc1. The normalized spacial score (nSPS) is 16.2. The summed E-state index contributed by atoms with van der Waals surface area (Å²) >= 11 is 0. The lowest BCUT2D eigenvalue weighted by atomic mass is 10.1. The number of benzene rings is 2. The molecule has 0 bridgehead atoms. The molecule has 144 valence electrons. The van der Waals surface area contributed by atoms with Gasteiger partial charge in [-0.1, -0.05) is 17.7 Å². The first-order chi connectivity index (χ1) is 12.8. The molecule has 0 aromatic heterocycles. The Bertz CT molecular complexity index is 946. The van der Waals surface area contributed by atoms with Gasteiger partial charge in [0.1, 0.15) is 11.6 Å². The Morgan fingerprint density at radius 2 is 1.67 bits per heavy atom. The van der Waals surface area contributed by atoms with E-state index in [0.717, 1.165) is 17.7 Å². The smallest absolute Gasteiger partial charge is 0.256 e. The molecule has 0 atom stereocenters. The minimum Gasteiger partial charge on any atom is -0.337 e. The standard InChI is InChI=1S/C19H20F2N2O3S/c1-14-3-6-16(7-4-14)27(25,26)23-10-2-9-22(11-12-23)19(24)17-8-5-15(20)13-18(17)21/h3-8,13H,2,9-12H2,1H3. The molecule has 1 saturated heterocycles. The van der Waals surface area contributed by atoms with Crippen molar-refractivity contribution in [1.82, 2.24) is 9.21 Å². The first-order valence-corrected chi connectivity index (χ1v) is 10.0. The number of aryl methyl sites for hydroxylation is 1. The van der Waals surface area contributed by atoms with E-state index in [1.165, 1.54) is 9.21 Å². The van der Waals surface area contributed by atoms with E-state index >= 15 is 0 Å². The van der Waals surface area contributed by atoms with Gasteiger partial charge in [-0.05, 0) is 37.6 Å². The minimum absolute atomic E-state index is 0.116. The van der Waals surface area contributed by atoms with Crippen LogP contribution in [0.1, 0.15) is 22.3 Å². The van der Waals surface area contributed by atoms with Gasteiger partial charge in [0.2, 0.25) is 10.0 Å². The molecule has 1 aliphatic heterocycles. The Labute approximate surface area is 157 Å². The average molecular weight is 394 g/mol. The van der Waals surface area contributed by atoms with Crippen LogP contribution in [0.25, 0.3) is 0 Å². The topological polar surface area (TPSA) is 57.7 Å². The number of amides is 1. The lowest BCUT2D eigenvalue weighted by Crippen LogP contribution is -2.37. The van der Waals surface area contributed by atoms with Crippen molar-refractivity contribution in [3.05, 3.63) is 65.2 Å². The van der Waals surface area contributed by atoms with E-state index in [4.69, 9.17) is 0 Å². The molecule has 2 aromatic rings. The Kier molecular flexibility index (Phi) is 5.57. The third-order valence-electron chi connectivity index (χ3n) is 4.56. The van der Waals surface area contributed by atoms with Gasteiger partial charge in [0.25, 0.3) is 5.91 Å². The largest absolute Gasteiger partial charge is 0.337 e. The fourth-order valence-electron chi connectivity index (χ4n) is 3.03. The van der Waals surface area contributed by atoms with Gasteiger partial charge in [0.05, 0.1) is 10.5 Å². The van der Waals surface area contributed by atoms with E-state index in [2.05, 4.69) is 0 Å². The van der Waals surface area contributed by atoms with Crippen LogP contribution >= 0.6 is 0 Å². The molecule has 3 rings (SSSR count). The molecule has 2 aromatic carbocycles. The second-order valence-corrected chi connectivity index (χ2v) is 8.42. The zero-order valence-corrected chi connectivity index (χ0v) is 15.7. The van der Waals surface area contributed by atoms with Crippen LogP contribution < -0.4 is 0 Å². The van der Waals surface area contributed by atoms with Crippen molar-refractivity contribution in [2.24, 2.45) is 0 Å². The summed E-state index contributed by atoms with van der Waals surface area (Å²) in [7, 11) is -3.66. The molecule has 0 N–H and O–H groups in total. The molecule has 1 amide bonds. The third kappa shape index (κ3) is 4.17. The molecule has 0 radical (unpaired) electrons. The van der Waals surface area contributed by atoms with E-state index in [1.807, 2.05) is 6.92 Å². The number of hydrogen-bond acceptors (Lipinski definition) is 3. The predicted octanol–water partition coefficient (Wildman–Crippen LogP) is 2.81. The van der Waals surface area contributed by atoms with Gasteiger partial charge in [-0.25, -0.2) is 17.2 Å². The maximum atomic E-state index is 13.9. The highest BCUT2D eigenvalue weighted by Gasteiger charge is 2.29. The summed E-state index contributed by atoms with van der Waals surface area (Å²) in [5, 5.41) is 0. The second-order valence-electron chi connectivity index (χ2n) is 6.49. The molecule has 0 aliphatic carbocycles. The number of carbonyl (C=O) groups excluding carboxylic acids is 1. The maximum Gasteiger partial charge on any atom is 0.256 e. The fraction of sp³-hybridized carbons (Fsp3) is 0.316. The van der Waals surface area contributed by atoms with Crippen LogP contribution in [-0.2, 0) is 10.0 Å². The second kappa shape index (κ2) is 7.74. The van der Waals surface area contributed by atoms with Gasteiger partial charge >= 0.3 is 0 Å². The van der Waals surface area contributed by atoms with Crippen LogP contribution in [0.4, 0.5) is 8.78 Å². The van der Waals surface area contributed by atoms with Crippen LogP contribution in [0.3, 0.4) is 0 Å². The minimum atomic E-state index is -3.66. The highest BCUT2D eigenvalue weighted by atomic mass is 32.2. The van der Waals surface area contributed by atoms with Crippen molar-refractivity contribution in [3.8, 4) is 0 Å². The van der Waals surface area contributed by atoms with Crippen molar-refractivity contribution < 1.29 is 22.0 Å². The number of nitrogens with zero attached hydrogens (tertiary/aromatic N) is 2. The molecule has 0 saturated carbocycles. The van der Waals surface area contributed by atoms with Gasteiger partial charge in [0, 0.05) is 32.2 Å². The van der Waals surface area contributed by atoms with Crippen LogP contribution in [0, 0.1) is 18.6 Å². The number of hydrogen-bond donors (Lipinski definition) is 0. The van der Waals surface area contributed by atoms with Crippen molar-refractivity contribution in [2.75, 3.05) is 26.2 Å². The zero-order chi connectivity index (χ0) is 19.6. The van der Waals surface area contributed by atoms with E-state index in [0.29, 0.717) is 19.0 Å². The molecule has 0 unspecified atom stereocenters. The maximum absolute atomic E-state index is 13.9. The fourth-order valence-corrected chi connectivity index (χ4v) is 4.50. The first-order valence-electron chi connectivity index (χ1n) is 8.60. The molecule has 0 spiro atoms. The summed E-state index contributed by atoms with van der Waals surface area (Å²) < 4.78 is 53.9. The van der Waals surface area contributed by atoms with E-state index in [-0.39, 0.29) is 30.1 Å². The Morgan fingerprint density at radius 1 is 0.963 bits per heavy atom. The van der Waals surface area contributed by atoms with Crippen molar-refractivity contribution >= 4 is 15.9 Å². The van der Waals surface area contributed by atoms with Crippen molar-refractivity contribution in [1.29, 1.82) is 0 Å². The molecule has 1 aliphatic rings. The number of sulfonamides is 1. The highest BCUT2D eigenvalue weighted by molar-refractivity contribution is 7.89. The van der Waals surface area contributed by atoms with E-state index in [9.17, 15) is 22.0 Å². The van der Waals surface area contributed by atoms with Gasteiger partial charge in [0.15, 0.2) is 0 Å². The summed E-state index contributed by atoms with van der Waals surface area (Å²) in [5.41, 5.74) is 0.745. The van der Waals surface area contributed by atoms with Crippen LogP contribution in [0.5, 0.6) is 0 Å². The van der Waals surface area contributed by atoms with E-state index < -0.39 is 27.6 Å². The number of carbonyl (C=O) groups is 1. The van der Waals surface area contributed by atoms with Gasteiger partial charge in [-0.15, -0.1) is 0 Å². The summed E-state index contributed by atoms with van der Waals surface area (Å²) in [6.45, 7) is 2.70. The van der Waals surface area contributed by atoms with Crippen LogP contribution in [0.2, 0.25) is 0 Å². The lowest BCUT2D eigenvalue weighted by molar-refractivity contribution is 0.0759. The summed E-state index contributed by atoms with van der Waals surface area (Å²) in [4.78, 5) is 14.2. The summed E-state index contributed by atoms with van der Waals surface area (Å²) in [6.07, 6.45) is 0.430. The Morgan fingerprint density at radius 3 is 2.33 bits per heavy atom. The molecule has 8 heteroatoms. The number of rotatable bonds is 3. The highest BCUT2D eigenvalue weighted by Crippen LogP contribution is 2.20. The Balaban J connectivity index is 1.75. The molecular formula is C19H20F2N2O3S. The molecule has 27 heavy (non-hydrogen) atoms. The zero-order valence-electron chi connectivity index (χ0n) is 14.9. The third-order valence-corrected chi connectivity index (χ3v) is 6.48. The summed E-state index contributed by atoms with van der Waals surface area (Å²) in [5.74, 6) is -2.24. The first kappa shape index (κ1) is 19.4.